The normalized spacial score (nSPS) is 20.1. The molecule has 2 aliphatic rings. The fraction of sp³-hybridized carbons (Fsp3) is 0.733. The first-order chi connectivity index (χ1) is 8.36. The van der Waals surface area contributed by atoms with E-state index in [1.807, 2.05) is 0 Å². The molecule has 1 heterocycles. The molecule has 17 heavy (non-hydrogen) atoms. The summed E-state index contributed by atoms with van der Waals surface area (Å²) in [6, 6.07) is 2.24. The molecule has 0 spiro atoms. The molecular weight excluding hydrogens is 208 g/mol. The zero-order chi connectivity index (χ0) is 11.7. The molecule has 2 aliphatic carbocycles. The highest BCUT2D eigenvalue weighted by Crippen LogP contribution is 2.48. The van der Waals surface area contributed by atoms with E-state index in [4.69, 9.17) is 0 Å². The van der Waals surface area contributed by atoms with Gasteiger partial charge in [-0.05, 0) is 68.5 Å². The zero-order valence-corrected chi connectivity index (χ0v) is 10.9. The lowest BCUT2D eigenvalue weighted by Crippen LogP contribution is -2.25. The van der Waals surface area contributed by atoms with Crippen LogP contribution in [0.5, 0.6) is 0 Å². The summed E-state index contributed by atoms with van der Waals surface area (Å²) in [6.45, 7) is 5.55. The predicted octanol–water partition coefficient (Wildman–Crippen LogP) is 3.03. The van der Waals surface area contributed by atoms with Gasteiger partial charge in [0.25, 0.3) is 0 Å². The zero-order valence-electron chi connectivity index (χ0n) is 10.9. The molecule has 2 fully saturated rings. The largest absolute Gasteiger partial charge is 0.354 e. The molecule has 1 aromatic rings. The van der Waals surface area contributed by atoms with Crippen LogP contribution in [0, 0.1) is 17.8 Å². The van der Waals surface area contributed by atoms with E-state index < -0.39 is 0 Å². The molecule has 2 nitrogen and oxygen atoms in total. The van der Waals surface area contributed by atoms with Crippen LogP contribution in [-0.4, -0.2) is 11.1 Å². The van der Waals surface area contributed by atoms with Gasteiger partial charge in [-0.25, -0.2) is 0 Å². The number of aryl methyl sites for hydroxylation is 1. The van der Waals surface area contributed by atoms with Crippen molar-refractivity contribution in [2.24, 2.45) is 17.8 Å². The molecule has 2 saturated carbocycles. The van der Waals surface area contributed by atoms with Crippen LogP contribution < -0.4 is 5.32 Å². The highest BCUT2D eigenvalue weighted by molar-refractivity contribution is 5.09. The smallest absolute Gasteiger partial charge is 0.0220 e. The maximum absolute atomic E-state index is 3.67. The molecule has 0 aromatic carbocycles. The number of hydrogen-bond donors (Lipinski definition) is 1. The van der Waals surface area contributed by atoms with Crippen LogP contribution >= 0.6 is 0 Å². The highest BCUT2D eigenvalue weighted by atomic mass is 14.9. The van der Waals surface area contributed by atoms with E-state index in [9.17, 15) is 0 Å². The van der Waals surface area contributed by atoms with E-state index >= 15 is 0 Å². The molecule has 0 amide bonds. The second-order valence-electron chi connectivity index (χ2n) is 5.82. The average Bonchev–Trinajstić information content (AvgIpc) is 3.25. The Hall–Kier alpha value is -0.760. The third-order valence-electron chi connectivity index (χ3n) is 4.34. The summed E-state index contributed by atoms with van der Waals surface area (Å²) in [4.78, 5) is 0. The van der Waals surface area contributed by atoms with Gasteiger partial charge in [0.1, 0.15) is 0 Å². The van der Waals surface area contributed by atoms with E-state index in [-0.39, 0.29) is 0 Å². The fourth-order valence-corrected chi connectivity index (χ4v) is 2.94. The van der Waals surface area contributed by atoms with Gasteiger partial charge in [0.2, 0.25) is 0 Å². The van der Waals surface area contributed by atoms with Crippen molar-refractivity contribution >= 4 is 0 Å². The van der Waals surface area contributed by atoms with Crippen molar-refractivity contribution in [3.05, 3.63) is 24.0 Å². The minimum atomic E-state index is 0.989. The van der Waals surface area contributed by atoms with Crippen LogP contribution in [-0.2, 0) is 13.1 Å². The van der Waals surface area contributed by atoms with Crippen LogP contribution in [0.1, 0.15) is 38.2 Å². The minimum absolute atomic E-state index is 0.989. The highest BCUT2D eigenvalue weighted by Gasteiger charge is 2.40. The summed E-state index contributed by atoms with van der Waals surface area (Å²) in [5.74, 6) is 3.12. The summed E-state index contributed by atoms with van der Waals surface area (Å²) in [6.07, 6.45) is 10.4. The molecule has 0 aliphatic heterocycles. The monoisotopic (exact) mass is 232 g/mol. The van der Waals surface area contributed by atoms with E-state index in [2.05, 4.69) is 35.3 Å². The summed E-state index contributed by atoms with van der Waals surface area (Å²) in [7, 11) is 0. The van der Waals surface area contributed by atoms with E-state index in [0.29, 0.717) is 0 Å². The Morgan fingerprint density at radius 1 is 1.29 bits per heavy atom. The summed E-state index contributed by atoms with van der Waals surface area (Å²) >= 11 is 0. The molecule has 0 atom stereocenters. The number of hydrogen-bond acceptors (Lipinski definition) is 1. The molecule has 0 bridgehead atoms. The first kappa shape index (κ1) is 11.3. The lowest BCUT2D eigenvalue weighted by molar-refractivity contribution is 0.378. The van der Waals surface area contributed by atoms with Crippen molar-refractivity contribution < 1.29 is 0 Å². The Balaban J connectivity index is 1.44. The minimum Gasteiger partial charge on any atom is -0.354 e. The van der Waals surface area contributed by atoms with Gasteiger partial charge in [-0.15, -0.1) is 0 Å². The summed E-state index contributed by atoms with van der Waals surface area (Å²) in [5.41, 5.74) is 1.43. The van der Waals surface area contributed by atoms with Gasteiger partial charge in [-0.3, -0.25) is 0 Å². The lowest BCUT2D eigenvalue weighted by atomic mass is 9.98. The van der Waals surface area contributed by atoms with Gasteiger partial charge in [0, 0.05) is 25.5 Å². The number of nitrogens with one attached hydrogen (secondary N) is 1. The van der Waals surface area contributed by atoms with Crippen LogP contribution in [0.3, 0.4) is 0 Å². The molecule has 0 saturated heterocycles. The topological polar surface area (TPSA) is 17.0 Å². The third kappa shape index (κ3) is 2.92. The van der Waals surface area contributed by atoms with Crippen molar-refractivity contribution in [3.8, 4) is 0 Å². The maximum atomic E-state index is 3.67. The molecule has 0 unspecified atom stereocenters. The van der Waals surface area contributed by atoms with E-state index in [0.717, 1.165) is 30.8 Å². The maximum Gasteiger partial charge on any atom is 0.0220 e. The van der Waals surface area contributed by atoms with Gasteiger partial charge in [0.05, 0.1) is 0 Å². The first-order valence-electron chi connectivity index (χ1n) is 7.22. The standard InChI is InChI=1S/C15H24N2/c1-2-17-8-7-12(11-17)9-16-10-15(13-3-4-13)14-5-6-14/h7-8,11,13-16H,2-6,9-10H2,1H3. The van der Waals surface area contributed by atoms with Crippen LogP contribution in [0.2, 0.25) is 0 Å². The molecule has 2 heteroatoms. The average molecular weight is 232 g/mol. The Bertz CT molecular complexity index is 349. The summed E-state index contributed by atoms with van der Waals surface area (Å²) < 4.78 is 2.25. The number of nitrogens with zero attached hydrogens (tertiary/aromatic N) is 1. The van der Waals surface area contributed by atoms with Gasteiger partial charge in [0.15, 0.2) is 0 Å². The quantitative estimate of drug-likeness (QED) is 0.764. The Morgan fingerprint density at radius 3 is 2.53 bits per heavy atom. The van der Waals surface area contributed by atoms with Gasteiger partial charge in [-0.1, -0.05) is 0 Å². The van der Waals surface area contributed by atoms with Crippen molar-refractivity contribution in [2.45, 2.75) is 45.7 Å². The molecule has 1 N–H and O–H groups in total. The Morgan fingerprint density at radius 2 is 2.00 bits per heavy atom. The molecule has 0 radical (unpaired) electrons. The molecule has 94 valence electrons. The van der Waals surface area contributed by atoms with Gasteiger partial charge in [-0.2, -0.15) is 0 Å². The number of aromatic nitrogens is 1. The van der Waals surface area contributed by atoms with Gasteiger partial charge < -0.3 is 9.88 Å². The van der Waals surface area contributed by atoms with E-state index in [1.165, 1.54) is 37.8 Å². The number of rotatable bonds is 7. The van der Waals surface area contributed by atoms with Crippen molar-refractivity contribution in [1.82, 2.24) is 9.88 Å². The summed E-state index contributed by atoms with van der Waals surface area (Å²) in [5, 5.41) is 3.67. The molecule has 3 rings (SSSR count). The van der Waals surface area contributed by atoms with Crippen molar-refractivity contribution in [2.75, 3.05) is 6.54 Å². The first-order valence-corrected chi connectivity index (χ1v) is 7.22. The molecular formula is C15H24N2. The van der Waals surface area contributed by atoms with Crippen LogP contribution in [0.15, 0.2) is 18.5 Å². The Labute approximate surface area is 104 Å². The van der Waals surface area contributed by atoms with Crippen molar-refractivity contribution in [3.63, 3.8) is 0 Å². The van der Waals surface area contributed by atoms with Crippen molar-refractivity contribution in [1.29, 1.82) is 0 Å². The van der Waals surface area contributed by atoms with Crippen LogP contribution in [0.25, 0.3) is 0 Å². The second kappa shape index (κ2) is 4.85. The predicted molar refractivity (Wildman–Crippen MR) is 70.8 cm³/mol. The SMILES string of the molecule is CCn1ccc(CNCC(C2CC2)C2CC2)c1. The fourth-order valence-electron chi connectivity index (χ4n) is 2.94. The van der Waals surface area contributed by atoms with Crippen LogP contribution in [0.4, 0.5) is 0 Å². The van der Waals surface area contributed by atoms with Gasteiger partial charge >= 0.3 is 0 Å². The lowest BCUT2D eigenvalue weighted by Gasteiger charge is -2.15. The third-order valence-corrected chi connectivity index (χ3v) is 4.34. The molecule has 1 aromatic heterocycles. The second-order valence-corrected chi connectivity index (χ2v) is 5.82. The van der Waals surface area contributed by atoms with E-state index in [1.54, 1.807) is 0 Å². The Kier molecular flexibility index (Phi) is 3.24.